The smallest absolute Gasteiger partial charge is 0.320 e. The number of nitrogens with zero attached hydrogens (tertiary/aromatic N) is 2. The molecular formula is C13H14BrFN4O. The maximum atomic E-state index is 13.4. The van der Waals surface area contributed by atoms with Crippen LogP contribution < -0.4 is 10.6 Å². The quantitative estimate of drug-likeness (QED) is 0.902. The van der Waals surface area contributed by atoms with Gasteiger partial charge < -0.3 is 5.32 Å². The summed E-state index contributed by atoms with van der Waals surface area (Å²) >= 11 is 3.35. The highest BCUT2D eigenvalue weighted by Crippen LogP contribution is 2.24. The molecule has 0 spiro atoms. The number of aromatic nitrogens is 2. The van der Waals surface area contributed by atoms with Crippen LogP contribution in [0.3, 0.4) is 0 Å². The van der Waals surface area contributed by atoms with Crippen LogP contribution in [0.5, 0.6) is 0 Å². The minimum Gasteiger partial charge on any atom is -0.334 e. The van der Waals surface area contributed by atoms with E-state index in [0.29, 0.717) is 11.4 Å². The fraction of sp³-hybridized carbons (Fsp3) is 0.231. The van der Waals surface area contributed by atoms with Gasteiger partial charge in [-0.3, -0.25) is 10.00 Å². The number of benzene rings is 1. The van der Waals surface area contributed by atoms with Gasteiger partial charge in [0, 0.05) is 19.2 Å². The molecule has 1 aromatic heterocycles. The highest BCUT2D eigenvalue weighted by molar-refractivity contribution is 9.10. The number of urea groups is 1. The van der Waals surface area contributed by atoms with Crippen molar-refractivity contribution in [3.63, 3.8) is 0 Å². The number of hydrogen-bond acceptors (Lipinski definition) is 2. The lowest BCUT2D eigenvalue weighted by atomic mass is 10.2. The van der Waals surface area contributed by atoms with Crippen molar-refractivity contribution >= 4 is 27.8 Å². The van der Waals surface area contributed by atoms with Crippen LogP contribution in [0.25, 0.3) is 0 Å². The van der Waals surface area contributed by atoms with Crippen LogP contribution in [-0.4, -0.2) is 15.8 Å². The topological polar surface area (TPSA) is 59.0 Å². The van der Waals surface area contributed by atoms with Crippen LogP contribution in [0.1, 0.15) is 11.3 Å². The van der Waals surface area contributed by atoms with Crippen LogP contribution in [0.2, 0.25) is 0 Å². The standard InChI is InChI=1S/C13H14BrFN4O/c1-8-11(14)12(19(2)18-8)17-13(20)16-7-9-5-3-4-6-10(9)15/h3-6H,7H2,1-2H3,(H2,16,17,20). The number of amides is 2. The molecule has 0 atom stereocenters. The predicted molar refractivity (Wildman–Crippen MR) is 77.9 cm³/mol. The van der Waals surface area contributed by atoms with Gasteiger partial charge in [-0.2, -0.15) is 5.10 Å². The average molecular weight is 341 g/mol. The molecule has 0 aliphatic rings. The van der Waals surface area contributed by atoms with Gasteiger partial charge in [0.1, 0.15) is 11.6 Å². The second kappa shape index (κ2) is 6.04. The molecular weight excluding hydrogens is 327 g/mol. The van der Waals surface area contributed by atoms with Crippen molar-refractivity contribution in [2.45, 2.75) is 13.5 Å². The molecule has 0 aliphatic carbocycles. The van der Waals surface area contributed by atoms with Crippen LogP contribution in [-0.2, 0) is 13.6 Å². The summed E-state index contributed by atoms with van der Waals surface area (Å²) in [6, 6.07) is 5.89. The van der Waals surface area contributed by atoms with Gasteiger partial charge in [-0.15, -0.1) is 0 Å². The molecule has 5 nitrogen and oxygen atoms in total. The second-order valence-electron chi connectivity index (χ2n) is 4.27. The fourth-order valence-electron chi connectivity index (χ4n) is 1.74. The number of nitrogens with one attached hydrogen (secondary N) is 2. The van der Waals surface area contributed by atoms with Gasteiger partial charge in [-0.05, 0) is 28.9 Å². The van der Waals surface area contributed by atoms with Crippen LogP contribution in [0, 0.1) is 12.7 Å². The normalized spacial score (nSPS) is 10.4. The Kier molecular flexibility index (Phi) is 4.39. The average Bonchev–Trinajstić information content (AvgIpc) is 2.64. The molecule has 0 bridgehead atoms. The van der Waals surface area contributed by atoms with Crippen molar-refractivity contribution < 1.29 is 9.18 Å². The number of hydrogen-bond donors (Lipinski definition) is 2. The summed E-state index contributed by atoms with van der Waals surface area (Å²) in [6.07, 6.45) is 0. The van der Waals surface area contributed by atoms with Gasteiger partial charge in [-0.1, -0.05) is 18.2 Å². The molecule has 2 amide bonds. The zero-order valence-electron chi connectivity index (χ0n) is 11.1. The summed E-state index contributed by atoms with van der Waals surface area (Å²) in [4.78, 5) is 11.8. The SMILES string of the molecule is Cc1nn(C)c(NC(=O)NCc2ccccc2F)c1Br. The first-order chi connectivity index (χ1) is 9.49. The fourth-order valence-corrected chi connectivity index (χ4v) is 2.17. The summed E-state index contributed by atoms with van der Waals surface area (Å²) in [5.74, 6) is 0.207. The molecule has 0 saturated heterocycles. The van der Waals surface area contributed by atoms with Gasteiger partial charge >= 0.3 is 6.03 Å². The van der Waals surface area contributed by atoms with E-state index in [9.17, 15) is 9.18 Å². The van der Waals surface area contributed by atoms with Crippen LogP contribution in [0.15, 0.2) is 28.7 Å². The van der Waals surface area contributed by atoms with Crippen LogP contribution >= 0.6 is 15.9 Å². The summed E-state index contributed by atoms with van der Waals surface area (Å²) in [5.41, 5.74) is 1.21. The number of anilines is 1. The number of carbonyl (C=O) groups is 1. The Bertz CT molecular complexity index is 641. The molecule has 106 valence electrons. The summed E-state index contributed by atoms with van der Waals surface area (Å²) in [7, 11) is 1.73. The van der Waals surface area contributed by atoms with E-state index in [1.807, 2.05) is 6.92 Å². The first kappa shape index (κ1) is 14.5. The summed E-state index contributed by atoms with van der Waals surface area (Å²) in [5, 5.41) is 9.43. The Morgan fingerprint density at radius 3 is 2.75 bits per heavy atom. The van der Waals surface area contributed by atoms with Crippen LogP contribution in [0.4, 0.5) is 15.0 Å². The molecule has 1 heterocycles. The highest BCUT2D eigenvalue weighted by Gasteiger charge is 2.13. The van der Waals surface area contributed by atoms with Gasteiger partial charge in [0.2, 0.25) is 0 Å². The van der Waals surface area contributed by atoms with E-state index in [-0.39, 0.29) is 12.4 Å². The van der Waals surface area contributed by atoms with Gasteiger partial charge in [0.05, 0.1) is 10.2 Å². The Balaban J connectivity index is 1.98. The first-order valence-electron chi connectivity index (χ1n) is 5.96. The molecule has 2 rings (SSSR count). The van der Waals surface area contributed by atoms with E-state index >= 15 is 0 Å². The van der Waals surface area contributed by atoms with E-state index in [4.69, 9.17) is 0 Å². The third kappa shape index (κ3) is 3.16. The van der Waals surface area contributed by atoms with E-state index in [1.165, 1.54) is 6.07 Å². The Morgan fingerprint density at radius 2 is 2.15 bits per heavy atom. The monoisotopic (exact) mass is 340 g/mol. The lowest BCUT2D eigenvalue weighted by molar-refractivity contribution is 0.251. The van der Waals surface area contributed by atoms with Crippen molar-refractivity contribution in [3.05, 3.63) is 45.8 Å². The molecule has 0 fully saturated rings. The zero-order chi connectivity index (χ0) is 14.7. The number of rotatable bonds is 3. The highest BCUT2D eigenvalue weighted by atomic mass is 79.9. The number of carbonyl (C=O) groups excluding carboxylic acids is 1. The van der Waals surface area contributed by atoms with Crippen molar-refractivity contribution in [1.29, 1.82) is 0 Å². The third-order valence-electron chi connectivity index (χ3n) is 2.78. The number of halogens is 2. The summed E-state index contributed by atoms with van der Waals surface area (Å²) < 4.78 is 15.7. The molecule has 0 aliphatic heterocycles. The Morgan fingerprint density at radius 1 is 1.45 bits per heavy atom. The molecule has 0 saturated carbocycles. The van der Waals surface area contributed by atoms with E-state index < -0.39 is 6.03 Å². The minimum absolute atomic E-state index is 0.118. The van der Waals surface area contributed by atoms with Crippen molar-refractivity contribution in [1.82, 2.24) is 15.1 Å². The minimum atomic E-state index is -0.419. The van der Waals surface area contributed by atoms with E-state index in [2.05, 4.69) is 31.7 Å². The second-order valence-corrected chi connectivity index (χ2v) is 5.06. The molecule has 20 heavy (non-hydrogen) atoms. The lowest BCUT2D eigenvalue weighted by Crippen LogP contribution is -2.29. The molecule has 2 aromatic rings. The maximum Gasteiger partial charge on any atom is 0.320 e. The van der Waals surface area contributed by atoms with Crippen molar-refractivity contribution in [2.75, 3.05) is 5.32 Å². The molecule has 0 unspecified atom stereocenters. The third-order valence-corrected chi connectivity index (χ3v) is 3.73. The van der Waals surface area contributed by atoms with Gasteiger partial charge in [0.25, 0.3) is 0 Å². The predicted octanol–water partition coefficient (Wildman–Crippen LogP) is 2.95. The van der Waals surface area contributed by atoms with E-state index in [0.717, 1.165) is 10.2 Å². The Hall–Kier alpha value is -1.89. The first-order valence-corrected chi connectivity index (χ1v) is 6.75. The van der Waals surface area contributed by atoms with Gasteiger partial charge in [0.15, 0.2) is 0 Å². The van der Waals surface area contributed by atoms with Crippen molar-refractivity contribution in [3.8, 4) is 0 Å². The molecule has 2 N–H and O–H groups in total. The van der Waals surface area contributed by atoms with Gasteiger partial charge in [-0.25, -0.2) is 9.18 Å². The van der Waals surface area contributed by atoms with Crippen molar-refractivity contribution in [2.24, 2.45) is 7.05 Å². The zero-order valence-corrected chi connectivity index (χ0v) is 12.7. The Labute approximate surface area is 124 Å². The molecule has 1 aromatic carbocycles. The number of aryl methyl sites for hydroxylation is 2. The largest absolute Gasteiger partial charge is 0.334 e. The molecule has 0 radical (unpaired) electrons. The lowest BCUT2D eigenvalue weighted by Gasteiger charge is -2.08. The maximum absolute atomic E-state index is 13.4. The molecule has 7 heteroatoms. The summed E-state index contributed by atoms with van der Waals surface area (Å²) in [6.45, 7) is 1.94. The van der Waals surface area contributed by atoms with E-state index in [1.54, 1.807) is 29.9 Å².